The van der Waals surface area contributed by atoms with Crippen LogP contribution >= 0.6 is 11.6 Å². The molecule has 3 aromatic carbocycles. The highest BCUT2D eigenvalue weighted by Gasteiger charge is 2.19. The summed E-state index contributed by atoms with van der Waals surface area (Å²) >= 11 is 6.67. The fraction of sp³-hybridized carbons (Fsp3) is 0.405. The second-order valence-electron chi connectivity index (χ2n) is 12.4. The lowest BCUT2D eigenvalue weighted by molar-refractivity contribution is 0.0420. The van der Waals surface area contributed by atoms with E-state index < -0.39 is 5.97 Å². The van der Waals surface area contributed by atoms with Crippen molar-refractivity contribution in [3.8, 4) is 45.7 Å². The van der Waals surface area contributed by atoms with Crippen LogP contribution in [0.1, 0.15) is 76.6 Å². The Labute approximate surface area is 272 Å². The Morgan fingerprint density at radius 3 is 2.09 bits per heavy atom. The number of hydrogen-bond donors (Lipinski definition) is 1. The predicted octanol–water partition coefficient (Wildman–Crippen LogP) is 9.67. The van der Waals surface area contributed by atoms with Crippen molar-refractivity contribution < 1.29 is 19.4 Å². The Bertz CT molecular complexity index is 1560. The van der Waals surface area contributed by atoms with Crippen molar-refractivity contribution in [1.29, 1.82) is 0 Å². The summed E-state index contributed by atoms with van der Waals surface area (Å²) < 4.78 is 11.0. The number of unbranched alkanes of at least 4 members (excludes halogenated alkanes) is 1. The van der Waals surface area contributed by atoms with Crippen LogP contribution in [-0.2, 0) is 4.74 Å². The lowest BCUT2D eigenvalue weighted by Crippen LogP contribution is -2.16. The highest BCUT2D eigenvalue weighted by Crippen LogP contribution is 2.33. The normalized spacial score (nSPS) is 12.0. The van der Waals surface area contributed by atoms with E-state index in [-0.39, 0.29) is 10.8 Å². The maximum absolute atomic E-state index is 13.2. The summed E-state index contributed by atoms with van der Waals surface area (Å²) in [5, 5.41) is 11.0. The number of hydrogen-bond acceptors (Lipinski definition) is 7. The summed E-state index contributed by atoms with van der Waals surface area (Å²) in [6, 6.07) is 19.6. The van der Waals surface area contributed by atoms with Gasteiger partial charge in [-0.2, -0.15) is 0 Å². The van der Waals surface area contributed by atoms with Gasteiger partial charge in [-0.3, -0.25) is 0 Å². The van der Waals surface area contributed by atoms with E-state index >= 15 is 0 Å². The van der Waals surface area contributed by atoms with Gasteiger partial charge >= 0.3 is 5.97 Å². The van der Waals surface area contributed by atoms with Gasteiger partial charge in [-0.1, -0.05) is 101 Å². The fourth-order valence-electron chi connectivity index (χ4n) is 5.13. The summed E-state index contributed by atoms with van der Waals surface area (Å²) in [6.07, 6.45) is 6.74. The minimum atomic E-state index is -0.437. The lowest BCUT2D eigenvalue weighted by atomic mass is 9.93. The number of halogens is 1. The SMILES string of the molecule is COc1ccc(-c2nc(-c3ccccc3)nc(-c3ccc(C(=O)OCC(CCCCC(C)C)CCC(C)C)c(Cl)c3)n2)c(O)c1. The van der Waals surface area contributed by atoms with Crippen LogP contribution in [0.3, 0.4) is 0 Å². The topological polar surface area (TPSA) is 94.4 Å². The van der Waals surface area contributed by atoms with Crippen molar-refractivity contribution in [3.05, 3.63) is 77.3 Å². The first-order valence-electron chi connectivity index (χ1n) is 15.8. The van der Waals surface area contributed by atoms with E-state index in [1.165, 1.54) is 26.0 Å². The molecule has 0 spiro atoms. The maximum Gasteiger partial charge on any atom is 0.339 e. The molecule has 0 aliphatic rings. The number of methoxy groups -OCH3 is 1. The molecule has 0 aliphatic carbocycles. The van der Waals surface area contributed by atoms with E-state index in [9.17, 15) is 9.90 Å². The number of rotatable bonds is 15. The van der Waals surface area contributed by atoms with Gasteiger partial charge in [0.1, 0.15) is 11.5 Å². The van der Waals surface area contributed by atoms with E-state index in [2.05, 4.69) is 37.7 Å². The molecule has 4 aromatic rings. The first-order valence-corrected chi connectivity index (χ1v) is 16.2. The van der Waals surface area contributed by atoms with Crippen LogP contribution in [0.25, 0.3) is 34.2 Å². The molecule has 0 saturated heterocycles. The molecule has 238 valence electrons. The zero-order chi connectivity index (χ0) is 32.3. The molecule has 4 rings (SSSR count). The van der Waals surface area contributed by atoms with E-state index in [4.69, 9.17) is 26.1 Å². The average molecular weight is 630 g/mol. The van der Waals surface area contributed by atoms with Gasteiger partial charge in [-0.05, 0) is 54.9 Å². The number of phenols is 1. The number of carbonyl (C=O) groups excluding carboxylic acids is 1. The summed E-state index contributed by atoms with van der Waals surface area (Å²) in [7, 11) is 1.53. The van der Waals surface area contributed by atoms with Gasteiger partial charge in [0.05, 0.1) is 29.9 Å². The van der Waals surface area contributed by atoms with E-state index in [0.29, 0.717) is 64.3 Å². The van der Waals surface area contributed by atoms with Gasteiger partial charge < -0.3 is 14.6 Å². The van der Waals surface area contributed by atoms with Crippen LogP contribution in [0.4, 0.5) is 0 Å². The molecule has 1 unspecified atom stereocenters. The largest absolute Gasteiger partial charge is 0.507 e. The maximum atomic E-state index is 13.2. The molecule has 0 amide bonds. The molecule has 0 saturated carbocycles. The molecule has 1 atom stereocenters. The highest BCUT2D eigenvalue weighted by atomic mass is 35.5. The van der Waals surface area contributed by atoms with Crippen molar-refractivity contribution in [2.75, 3.05) is 13.7 Å². The van der Waals surface area contributed by atoms with Gasteiger partial charge in [0.25, 0.3) is 0 Å². The second kappa shape index (κ2) is 16.4. The molecular weight excluding hydrogens is 586 g/mol. The first-order chi connectivity index (χ1) is 21.6. The lowest BCUT2D eigenvalue weighted by Gasteiger charge is -2.19. The Hall–Kier alpha value is -3.97. The zero-order valence-electron chi connectivity index (χ0n) is 26.9. The highest BCUT2D eigenvalue weighted by molar-refractivity contribution is 6.33. The molecule has 45 heavy (non-hydrogen) atoms. The molecule has 1 N–H and O–H groups in total. The van der Waals surface area contributed by atoms with E-state index in [1.807, 2.05) is 30.3 Å². The second-order valence-corrected chi connectivity index (χ2v) is 12.8. The minimum absolute atomic E-state index is 0.0201. The summed E-state index contributed by atoms with van der Waals surface area (Å²) in [6.45, 7) is 9.33. The molecule has 0 bridgehead atoms. The molecule has 1 heterocycles. The Kier molecular flexibility index (Phi) is 12.3. The van der Waals surface area contributed by atoms with Crippen LogP contribution in [-0.4, -0.2) is 39.7 Å². The Morgan fingerprint density at radius 1 is 0.778 bits per heavy atom. The van der Waals surface area contributed by atoms with Gasteiger partial charge in [0.2, 0.25) is 0 Å². The standard InChI is InChI=1S/C37H44ClN3O4/c1-24(2)11-9-10-12-26(16-15-25(3)4)23-45-37(43)30-19-17-28(21-32(30)38)35-39-34(27-13-7-6-8-14-27)40-36(41-35)31-20-18-29(44-5)22-33(31)42/h6-8,13-14,17-22,24-26,42H,9-12,15-16,23H2,1-5H3. The van der Waals surface area contributed by atoms with Crippen molar-refractivity contribution >= 4 is 17.6 Å². The zero-order valence-corrected chi connectivity index (χ0v) is 27.7. The van der Waals surface area contributed by atoms with Crippen molar-refractivity contribution in [3.63, 3.8) is 0 Å². The molecule has 7 nitrogen and oxygen atoms in total. The summed E-state index contributed by atoms with van der Waals surface area (Å²) in [4.78, 5) is 27.2. The van der Waals surface area contributed by atoms with E-state index in [0.717, 1.165) is 31.2 Å². The number of aromatic hydroxyl groups is 1. The van der Waals surface area contributed by atoms with Gasteiger partial charge in [-0.15, -0.1) is 0 Å². The molecule has 8 heteroatoms. The van der Waals surface area contributed by atoms with E-state index in [1.54, 1.807) is 30.3 Å². The number of carbonyl (C=O) groups is 1. The summed E-state index contributed by atoms with van der Waals surface area (Å²) in [5.41, 5.74) is 2.12. The number of aromatic nitrogens is 3. The van der Waals surface area contributed by atoms with Crippen molar-refractivity contribution in [2.45, 2.75) is 66.2 Å². The predicted molar refractivity (Wildman–Crippen MR) is 181 cm³/mol. The van der Waals surface area contributed by atoms with Crippen LogP contribution in [0.2, 0.25) is 5.02 Å². The third-order valence-corrected chi connectivity index (χ3v) is 8.12. The van der Waals surface area contributed by atoms with Crippen molar-refractivity contribution in [2.24, 2.45) is 17.8 Å². The molecule has 0 aliphatic heterocycles. The molecule has 1 aromatic heterocycles. The smallest absolute Gasteiger partial charge is 0.339 e. The fourth-order valence-corrected chi connectivity index (χ4v) is 5.38. The number of phenolic OH excluding ortho intramolecular Hbond substituents is 1. The average Bonchev–Trinajstić information content (AvgIpc) is 3.03. The third-order valence-electron chi connectivity index (χ3n) is 7.81. The quantitative estimate of drug-likeness (QED) is 0.103. The monoisotopic (exact) mass is 629 g/mol. The van der Waals surface area contributed by atoms with Crippen LogP contribution in [0.5, 0.6) is 11.5 Å². The summed E-state index contributed by atoms with van der Waals surface area (Å²) in [5.74, 6) is 2.77. The van der Waals surface area contributed by atoms with Gasteiger partial charge in [0.15, 0.2) is 17.5 Å². The Balaban J connectivity index is 1.57. The Morgan fingerprint density at radius 2 is 1.44 bits per heavy atom. The van der Waals surface area contributed by atoms with Crippen molar-refractivity contribution in [1.82, 2.24) is 15.0 Å². The third kappa shape index (κ3) is 9.76. The molecule has 0 radical (unpaired) electrons. The van der Waals surface area contributed by atoms with Crippen LogP contribution < -0.4 is 4.74 Å². The van der Waals surface area contributed by atoms with Gasteiger partial charge in [0, 0.05) is 17.2 Å². The first kappa shape index (κ1) is 33.9. The van der Waals surface area contributed by atoms with Crippen LogP contribution in [0.15, 0.2) is 66.7 Å². The molecule has 0 fully saturated rings. The van der Waals surface area contributed by atoms with Gasteiger partial charge in [-0.25, -0.2) is 19.7 Å². The molecular formula is C37H44ClN3O4. The number of esters is 1. The van der Waals surface area contributed by atoms with Crippen LogP contribution in [0, 0.1) is 17.8 Å². The number of nitrogens with zero attached hydrogens (tertiary/aromatic N) is 3. The number of benzene rings is 3. The minimum Gasteiger partial charge on any atom is -0.507 e. The number of ether oxygens (including phenoxy) is 2.